The van der Waals surface area contributed by atoms with Gasteiger partial charge in [0.15, 0.2) is 0 Å². The van der Waals surface area contributed by atoms with E-state index in [9.17, 15) is 5.11 Å². The Morgan fingerprint density at radius 1 is 0.740 bits per heavy atom. The van der Waals surface area contributed by atoms with Crippen LogP contribution in [0.2, 0.25) is 0 Å². The first-order valence-corrected chi connectivity index (χ1v) is 18.5. The highest BCUT2D eigenvalue weighted by Gasteiger charge is 2.43. The Morgan fingerprint density at radius 2 is 1.38 bits per heavy atom. The van der Waals surface area contributed by atoms with Gasteiger partial charge in [-0.1, -0.05) is 108 Å². The second-order valence-corrected chi connectivity index (χ2v) is 16.8. The molecule has 0 unspecified atom stereocenters. The van der Waals surface area contributed by atoms with Gasteiger partial charge in [0.2, 0.25) is 0 Å². The highest BCUT2D eigenvalue weighted by molar-refractivity contribution is 5.81. The average Bonchev–Trinajstić information content (AvgIpc) is 3.50. The molecule has 6 nitrogen and oxygen atoms in total. The third-order valence-electron chi connectivity index (χ3n) is 11.1. The summed E-state index contributed by atoms with van der Waals surface area (Å²) in [7, 11) is 0. The number of aromatic nitrogens is 3. The minimum Gasteiger partial charge on any atom is -0.505 e. The lowest BCUT2D eigenvalue weighted by Crippen LogP contribution is -2.59. The van der Waals surface area contributed by atoms with E-state index in [4.69, 9.17) is 15.0 Å². The topological polar surface area (TPSA) is 63.4 Å². The van der Waals surface area contributed by atoms with Crippen LogP contribution in [-0.2, 0) is 10.8 Å². The van der Waals surface area contributed by atoms with Crippen molar-refractivity contribution in [1.82, 2.24) is 20.1 Å². The molecule has 0 atom stereocenters. The van der Waals surface area contributed by atoms with Gasteiger partial charge in [0.1, 0.15) is 28.2 Å². The first-order valence-electron chi connectivity index (χ1n) is 18.5. The maximum absolute atomic E-state index is 12.0. The highest BCUT2D eigenvalue weighted by Crippen LogP contribution is 2.44. The second-order valence-electron chi connectivity index (χ2n) is 16.8. The largest absolute Gasteiger partial charge is 0.505 e. The van der Waals surface area contributed by atoms with Gasteiger partial charge in [0.25, 0.3) is 0 Å². The van der Waals surface area contributed by atoms with Crippen molar-refractivity contribution < 1.29 is 9.94 Å². The Morgan fingerprint density at radius 3 is 2.04 bits per heavy atom. The minimum atomic E-state index is -0.440. The van der Waals surface area contributed by atoms with Crippen LogP contribution in [0.5, 0.6) is 11.5 Å². The average molecular weight is 673 g/mol. The summed E-state index contributed by atoms with van der Waals surface area (Å²) in [6.45, 7) is 20.3. The number of fused-ring (bicyclic) bond motifs is 1. The van der Waals surface area contributed by atoms with E-state index in [1.807, 2.05) is 12.1 Å². The van der Waals surface area contributed by atoms with E-state index in [1.54, 1.807) is 4.80 Å². The van der Waals surface area contributed by atoms with Gasteiger partial charge in [-0.15, -0.1) is 20.1 Å². The van der Waals surface area contributed by atoms with E-state index in [-0.39, 0.29) is 22.2 Å². The van der Waals surface area contributed by atoms with Crippen LogP contribution in [0.15, 0.2) is 84.9 Å². The molecule has 0 amide bonds. The van der Waals surface area contributed by atoms with Gasteiger partial charge in [-0.3, -0.25) is 0 Å². The zero-order valence-electron chi connectivity index (χ0n) is 31.7. The van der Waals surface area contributed by atoms with E-state index < -0.39 is 5.41 Å². The number of hydrogen-bond donors (Lipinski definition) is 1. The highest BCUT2D eigenvalue weighted by atomic mass is 16.7. The molecule has 1 aliphatic heterocycles. The van der Waals surface area contributed by atoms with Crippen molar-refractivity contribution >= 4 is 11.0 Å². The molecule has 1 saturated heterocycles. The van der Waals surface area contributed by atoms with Gasteiger partial charge in [-0.05, 0) is 111 Å². The molecule has 0 bridgehead atoms. The van der Waals surface area contributed by atoms with Gasteiger partial charge in [0, 0.05) is 11.0 Å². The first-order chi connectivity index (χ1) is 23.6. The summed E-state index contributed by atoms with van der Waals surface area (Å²) in [6, 6.07) is 29.2. The summed E-state index contributed by atoms with van der Waals surface area (Å²) in [5.74, 6) is 1.05. The lowest BCUT2D eigenvalue weighted by Gasteiger charge is -2.50. The third kappa shape index (κ3) is 7.05. The van der Waals surface area contributed by atoms with Gasteiger partial charge < -0.3 is 9.94 Å². The summed E-state index contributed by atoms with van der Waals surface area (Å²) in [6.07, 6.45) is 8.04. The van der Waals surface area contributed by atoms with Crippen molar-refractivity contribution in [3.8, 4) is 28.3 Å². The maximum atomic E-state index is 12.0. The lowest BCUT2D eigenvalue weighted by molar-refractivity contribution is -0.216. The molecular formula is C44H56N4O2. The van der Waals surface area contributed by atoms with Crippen LogP contribution in [0.3, 0.4) is 0 Å². The molecule has 1 aliphatic rings. The number of rotatable bonds is 11. The molecule has 6 rings (SSSR count). The monoisotopic (exact) mass is 672 g/mol. The smallest absolute Gasteiger partial charge is 0.147 e. The predicted molar refractivity (Wildman–Crippen MR) is 206 cm³/mol. The number of nitrogens with zero attached hydrogens (tertiary/aromatic N) is 4. The molecule has 4 aromatic carbocycles. The van der Waals surface area contributed by atoms with Crippen LogP contribution in [0, 0.1) is 0 Å². The molecule has 1 fully saturated rings. The molecule has 0 saturated carbocycles. The van der Waals surface area contributed by atoms with Crippen LogP contribution < -0.4 is 4.84 Å². The minimum absolute atomic E-state index is 0.0336. The van der Waals surface area contributed by atoms with Gasteiger partial charge >= 0.3 is 0 Å². The van der Waals surface area contributed by atoms with E-state index in [2.05, 4.69) is 140 Å². The summed E-state index contributed by atoms with van der Waals surface area (Å²) in [5.41, 5.74) is 6.89. The summed E-state index contributed by atoms with van der Waals surface area (Å²) in [4.78, 5) is 8.14. The van der Waals surface area contributed by atoms with Crippen molar-refractivity contribution in [3.05, 3.63) is 102 Å². The molecule has 50 heavy (non-hydrogen) atoms. The van der Waals surface area contributed by atoms with Crippen molar-refractivity contribution in [1.29, 1.82) is 0 Å². The molecular weight excluding hydrogens is 617 g/mol. The molecule has 5 aromatic rings. The van der Waals surface area contributed by atoms with Crippen molar-refractivity contribution in [3.63, 3.8) is 0 Å². The quantitative estimate of drug-likeness (QED) is 0.142. The van der Waals surface area contributed by atoms with E-state index in [0.717, 1.165) is 64.7 Å². The zero-order valence-corrected chi connectivity index (χ0v) is 31.7. The Bertz CT molecular complexity index is 1920. The van der Waals surface area contributed by atoms with E-state index in [1.165, 1.54) is 24.8 Å². The SMILES string of the molecule is CCCCCC(C)(C)c1cc(-n2nc3ccc(-c4ccc(ON5C(C)(C)CCCC5(C)C)cc4)cc3n2)c(O)c(C(C)(C)c2ccccc2)c1. The third-order valence-corrected chi connectivity index (χ3v) is 11.1. The molecule has 1 N–H and O–H groups in total. The molecule has 1 aromatic heterocycles. The van der Waals surface area contributed by atoms with Crippen molar-refractivity contribution in [2.45, 2.75) is 129 Å². The summed E-state index contributed by atoms with van der Waals surface area (Å²) < 4.78 is 0. The van der Waals surface area contributed by atoms with Gasteiger partial charge in [0.05, 0.1) is 11.1 Å². The van der Waals surface area contributed by atoms with Gasteiger partial charge in [-0.25, -0.2) is 0 Å². The predicted octanol–water partition coefficient (Wildman–Crippen LogP) is 11.3. The summed E-state index contributed by atoms with van der Waals surface area (Å²) >= 11 is 0. The van der Waals surface area contributed by atoms with Crippen LogP contribution in [-0.4, -0.2) is 36.2 Å². The number of benzene rings is 4. The number of phenolic OH excluding ortho intramolecular Hbond substituents is 1. The Kier molecular flexibility index (Phi) is 9.64. The van der Waals surface area contributed by atoms with Crippen LogP contribution in [0.4, 0.5) is 0 Å². The van der Waals surface area contributed by atoms with Crippen LogP contribution in [0.1, 0.15) is 124 Å². The summed E-state index contributed by atoms with van der Waals surface area (Å²) in [5, 5.41) is 24.0. The molecule has 6 heteroatoms. The second kappa shape index (κ2) is 13.5. The number of piperidine rings is 1. The Labute approximate surface area is 299 Å². The normalized spacial score (nSPS) is 16.5. The van der Waals surface area contributed by atoms with Crippen LogP contribution in [0.25, 0.3) is 27.8 Å². The van der Waals surface area contributed by atoms with Crippen molar-refractivity contribution in [2.24, 2.45) is 0 Å². The van der Waals surface area contributed by atoms with Crippen molar-refractivity contribution in [2.75, 3.05) is 0 Å². The number of hydroxylamine groups is 2. The molecule has 264 valence electrons. The fourth-order valence-electron chi connectivity index (χ4n) is 7.85. The fourth-order valence-corrected chi connectivity index (χ4v) is 7.85. The zero-order chi connectivity index (χ0) is 35.9. The Balaban J connectivity index is 1.35. The fraction of sp³-hybridized carbons (Fsp3) is 0.455. The number of unbranched alkanes of at least 4 members (excludes halogenated alkanes) is 2. The number of phenols is 1. The molecule has 0 aliphatic carbocycles. The number of aromatic hydroxyl groups is 1. The standard InChI is InChI=1S/C44H56N4O2/c1-10-11-15-25-41(2,3)34-29-36(44(8,9)33-17-13-12-14-18-33)40(49)39(30-34)47-45-37-24-21-32(28-38(37)46-47)31-19-22-35(23-20-31)50-48-42(4,5)26-16-27-43(48,6)7/h12-14,17-24,28-30,49H,10-11,15-16,25-27H2,1-9H3. The van der Waals surface area contributed by atoms with Crippen LogP contribution >= 0.6 is 0 Å². The molecule has 0 spiro atoms. The first kappa shape index (κ1) is 35.7. The number of hydrogen-bond acceptors (Lipinski definition) is 5. The molecule has 0 radical (unpaired) electrons. The Hall–Kier alpha value is -4.16. The maximum Gasteiger partial charge on any atom is 0.147 e. The van der Waals surface area contributed by atoms with E-state index >= 15 is 0 Å². The lowest BCUT2D eigenvalue weighted by atomic mass is 9.73. The molecule has 2 heterocycles. The van der Waals surface area contributed by atoms with E-state index in [0.29, 0.717) is 5.69 Å². The van der Waals surface area contributed by atoms with Gasteiger partial charge in [-0.2, -0.15) is 0 Å².